The molecule has 0 N–H and O–H groups in total. The highest BCUT2D eigenvalue weighted by Crippen LogP contribution is 2.29. The molecule has 0 aliphatic heterocycles. The van der Waals surface area contributed by atoms with Crippen LogP contribution in [0.4, 0.5) is 5.69 Å². The number of hydrogen-bond acceptors (Lipinski definition) is 5. The Morgan fingerprint density at radius 1 is 0.885 bits per heavy atom. The van der Waals surface area contributed by atoms with Crippen LogP contribution in [0.5, 0.6) is 0 Å². The van der Waals surface area contributed by atoms with Crippen LogP contribution >= 0.6 is 0 Å². The Balaban J connectivity index is 2.10. The van der Waals surface area contributed by atoms with Crippen LogP contribution in [0.2, 0.25) is 0 Å². The van der Waals surface area contributed by atoms with Gasteiger partial charge in [-0.1, -0.05) is 30.3 Å². The lowest BCUT2D eigenvalue weighted by molar-refractivity contribution is 0.325. The van der Waals surface area contributed by atoms with Crippen molar-refractivity contribution < 1.29 is 0 Å². The Kier molecular flexibility index (Phi) is 5.04. The highest BCUT2D eigenvalue weighted by atomic mass is 15.6. The standard InChI is InChI=1S/C20H26N6/c1-14-8-7-9-15(2)18(14)26-20(21-22-23-26)19(25(5)6)16-10-12-17(13-11-16)24(3)4/h7-13,19H,1-6H3/t19-/m1/s1. The van der Waals surface area contributed by atoms with E-state index in [4.69, 9.17) is 0 Å². The highest BCUT2D eigenvalue weighted by molar-refractivity contribution is 5.49. The van der Waals surface area contributed by atoms with Crippen molar-refractivity contribution in [3.63, 3.8) is 0 Å². The molecule has 0 fully saturated rings. The third-order valence-electron chi connectivity index (χ3n) is 4.63. The molecule has 3 aromatic rings. The monoisotopic (exact) mass is 350 g/mol. The fourth-order valence-corrected chi connectivity index (χ4v) is 3.30. The number of benzene rings is 2. The molecule has 26 heavy (non-hydrogen) atoms. The number of para-hydroxylation sites is 1. The van der Waals surface area contributed by atoms with Gasteiger partial charge in [0.05, 0.1) is 11.7 Å². The Labute approximate surface area is 155 Å². The van der Waals surface area contributed by atoms with E-state index < -0.39 is 0 Å². The first-order valence-corrected chi connectivity index (χ1v) is 8.68. The first-order chi connectivity index (χ1) is 12.4. The molecule has 1 atom stereocenters. The summed E-state index contributed by atoms with van der Waals surface area (Å²) in [5.41, 5.74) is 5.67. The lowest BCUT2D eigenvalue weighted by atomic mass is 10.0. The maximum Gasteiger partial charge on any atom is 0.178 e. The molecular formula is C20H26N6. The summed E-state index contributed by atoms with van der Waals surface area (Å²) in [5, 5.41) is 12.7. The normalized spacial score (nSPS) is 12.4. The third-order valence-corrected chi connectivity index (χ3v) is 4.63. The number of aryl methyl sites for hydroxylation is 2. The zero-order valence-corrected chi connectivity index (χ0v) is 16.3. The summed E-state index contributed by atoms with van der Waals surface area (Å²) in [5.74, 6) is 0.810. The second-order valence-corrected chi connectivity index (χ2v) is 7.04. The number of hydrogen-bond donors (Lipinski definition) is 0. The summed E-state index contributed by atoms with van der Waals surface area (Å²) in [7, 11) is 8.18. The molecule has 6 heteroatoms. The van der Waals surface area contributed by atoms with E-state index in [0.29, 0.717) is 0 Å². The van der Waals surface area contributed by atoms with Gasteiger partial charge >= 0.3 is 0 Å². The van der Waals surface area contributed by atoms with Gasteiger partial charge in [-0.2, -0.15) is 4.68 Å². The van der Waals surface area contributed by atoms with Gasteiger partial charge in [0.2, 0.25) is 0 Å². The second kappa shape index (κ2) is 7.25. The average molecular weight is 350 g/mol. The van der Waals surface area contributed by atoms with E-state index >= 15 is 0 Å². The molecule has 1 heterocycles. The molecule has 0 spiro atoms. The predicted molar refractivity (Wildman–Crippen MR) is 105 cm³/mol. The Bertz CT molecular complexity index is 859. The minimum Gasteiger partial charge on any atom is -0.378 e. The molecule has 3 rings (SSSR count). The Morgan fingerprint density at radius 2 is 1.50 bits per heavy atom. The van der Waals surface area contributed by atoms with Crippen LogP contribution in [0.25, 0.3) is 5.69 Å². The predicted octanol–water partition coefficient (Wildman–Crippen LogP) is 3.00. The fraction of sp³-hybridized carbons (Fsp3) is 0.350. The quantitative estimate of drug-likeness (QED) is 0.708. The molecule has 0 saturated carbocycles. The molecule has 0 saturated heterocycles. The van der Waals surface area contributed by atoms with Gasteiger partial charge in [-0.15, -0.1) is 5.10 Å². The smallest absolute Gasteiger partial charge is 0.178 e. The summed E-state index contributed by atoms with van der Waals surface area (Å²) in [6.45, 7) is 4.18. The van der Waals surface area contributed by atoms with E-state index in [0.717, 1.165) is 28.2 Å². The molecule has 0 aliphatic rings. The van der Waals surface area contributed by atoms with Crippen molar-refractivity contribution >= 4 is 5.69 Å². The molecule has 0 amide bonds. The topological polar surface area (TPSA) is 50.1 Å². The lowest BCUT2D eigenvalue weighted by Crippen LogP contribution is -2.25. The Hall–Kier alpha value is -2.73. The van der Waals surface area contributed by atoms with Gasteiger partial charge in [-0.25, -0.2) is 0 Å². The molecule has 0 aliphatic carbocycles. The van der Waals surface area contributed by atoms with Crippen molar-refractivity contribution in [3.8, 4) is 5.69 Å². The molecule has 0 radical (unpaired) electrons. The van der Waals surface area contributed by atoms with Crippen molar-refractivity contribution in [3.05, 3.63) is 65.0 Å². The van der Waals surface area contributed by atoms with Crippen LogP contribution in [0, 0.1) is 13.8 Å². The van der Waals surface area contributed by atoms with Crippen molar-refractivity contribution in [2.45, 2.75) is 19.9 Å². The van der Waals surface area contributed by atoms with Crippen LogP contribution in [-0.4, -0.2) is 53.3 Å². The van der Waals surface area contributed by atoms with Crippen LogP contribution < -0.4 is 4.90 Å². The van der Waals surface area contributed by atoms with Crippen molar-refractivity contribution in [1.82, 2.24) is 25.1 Å². The highest BCUT2D eigenvalue weighted by Gasteiger charge is 2.25. The number of nitrogens with zero attached hydrogens (tertiary/aromatic N) is 6. The van der Waals surface area contributed by atoms with Gasteiger partial charge in [0.15, 0.2) is 5.82 Å². The van der Waals surface area contributed by atoms with E-state index in [1.165, 1.54) is 5.69 Å². The van der Waals surface area contributed by atoms with Crippen molar-refractivity contribution in [2.75, 3.05) is 33.1 Å². The lowest BCUT2D eigenvalue weighted by Gasteiger charge is -2.25. The summed E-state index contributed by atoms with van der Waals surface area (Å²) in [4.78, 5) is 4.23. The molecule has 6 nitrogen and oxygen atoms in total. The van der Waals surface area contributed by atoms with E-state index in [1.54, 1.807) is 0 Å². The third kappa shape index (κ3) is 3.32. The van der Waals surface area contributed by atoms with Gasteiger partial charge in [0.1, 0.15) is 0 Å². The molecule has 136 valence electrons. The number of rotatable bonds is 5. The summed E-state index contributed by atoms with van der Waals surface area (Å²) in [6.07, 6.45) is 0. The summed E-state index contributed by atoms with van der Waals surface area (Å²) in [6, 6.07) is 14.7. The van der Waals surface area contributed by atoms with E-state index in [9.17, 15) is 0 Å². The van der Waals surface area contributed by atoms with Crippen molar-refractivity contribution in [2.24, 2.45) is 0 Å². The number of aromatic nitrogens is 4. The Morgan fingerprint density at radius 3 is 2.04 bits per heavy atom. The summed E-state index contributed by atoms with van der Waals surface area (Å²) >= 11 is 0. The van der Waals surface area contributed by atoms with E-state index in [-0.39, 0.29) is 6.04 Å². The first-order valence-electron chi connectivity index (χ1n) is 8.68. The van der Waals surface area contributed by atoms with Crippen LogP contribution in [0.3, 0.4) is 0 Å². The second-order valence-electron chi connectivity index (χ2n) is 7.04. The van der Waals surface area contributed by atoms with E-state index in [2.05, 4.69) is 81.6 Å². The van der Waals surface area contributed by atoms with Gasteiger partial charge in [-0.05, 0) is 67.2 Å². The van der Waals surface area contributed by atoms with Crippen LogP contribution in [0.1, 0.15) is 28.6 Å². The molecule has 2 aromatic carbocycles. The van der Waals surface area contributed by atoms with Crippen molar-refractivity contribution in [1.29, 1.82) is 0 Å². The van der Waals surface area contributed by atoms with Gasteiger partial charge in [0.25, 0.3) is 0 Å². The largest absolute Gasteiger partial charge is 0.378 e. The molecular weight excluding hydrogens is 324 g/mol. The van der Waals surface area contributed by atoms with Gasteiger partial charge in [-0.3, -0.25) is 4.90 Å². The maximum absolute atomic E-state index is 4.38. The first kappa shape index (κ1) is 18.1. The van der Waals surface area contributed by atoms with E-state index in [1.807, 2.05) is 32.9 Å². The maximum atomic E-state index is 4.38. The minimum atomic E-state index is -0.0415. The van der Waals surface area contributed by atoms with Gasteiger partial charge < -0.3 is 4.90 Å². The van der Waals surface area contributed by atoms with Crippen LogP contribution in [0.15, 0.2) is 42.5 Å². The summed E-state index contributed by atoms with van der Waals surface area (Å²) < 4.78 is 1.87. The molecule has 1 aromatic heterocycles. The zero-order chi connectivity index (χ0) is 18.8. The zero-order valence-electron chi connectivity index (χ0n) is 16.3. The van der Waals surface area contributed by atoms with Crippen LogP contribution in [-0.2, 0) is 0 Å². The molecule has 0 unspecified atom stereocenters. The molecule has 0 bridgehead atoms. The SMILES string of the molecule is Cc1cccc(C)c1-n1nnnc1[C@@H](c1ccc(N(C)C)cc1)N(C)C. The average Bonchev–Trinajstić information content (AvgIpc) is 3.04. The minimum absolute atomic E-state index is 0.0415. The number of anilines is 1. The number of tetrazole rings is 1. The van der Waals surface area contributed by atoms with Gasteiger partial charge in [0, 0.05) is 19.8 Å². The fourth-order valence-electron chi connectivity index (χ4n) is 3.30.